The van der Waals surface area contributed by atoms with Gasteiger partial charge in [-0.1, -0.05) is 6.07 Å². The van der Waals surface area contributed by atoms with Crippen LogP contribution in [0.3, 0.4) is 0 Å². The average molecular weight is 306 g/mol. The first-order valence-corrected chi connectivity index (χ1v) is 8.00. The largest absolute Gasteiger partial charge is 0.356 e. The molecule has 22 heavy (non-hydrogen) atoms. The minimum Gasteiger partial charge on any atom is -0.356 e. The quantitative estimate of drug-likeness (QED) is 0.645. The topological polar surface area (TPSA) is 39.7 Å². The summed E-state index contributed by atoms with van der Waals surface area (Å²) in [7, 11) is 3.96. The van der Waals surface area contributed by atoms with Gasteiger partial charge in [0.15, 0.2) is 5.96 Å². The lowest BCUT2D eigenvalue weighted by molar-refractivity contribution is 0.309. The minimum atomic E-state index is -0.174. The van der Waals surface area contributed by atoms with Crippen molar-refractivity contribution >= 4 is 5.96 Å². The Morgan fingerprint density at radius 1 is 1.41 bits per heavy atom. The molecular formula is C17H27FN4. The lowest BCUT2D eigenvalue weighted by Crippen LogP contribution is -2.44. The van der Waals surface area contributed by atoms with Gasteiger partial charge in [0.05, 0.1) is 0 Å². The molecule has 4 nitrogen and oxygen atoms in total. The Labute approximate surface area is 132 Å². The summed E-state index contributed by atoms with van der Waals surface area (Å²) >= 11 is 0. The van der Waals surface area contributed by atoms with Crippen LogP contribution in [-0.2, 0) is 6.42 Å². The SMILES string of the molecule is CN=C(NCCc1ccc(F)cc1C)NCC1CCCN1C. The molecule has 0 amide bonds. The van der Waals surface area contributed by atoms with Gasteiger partial charge in [-0.05, 0) is 63.0 Å². The summed E-state index contributed by atoms with van der Waals surface area (Å²) < 4.78 is 13.1. The standard InChI is InChI=1S/C17H27FN4/c1-13-11-15(18)7-6-14(13)8-9-20-17(19-2)21-12-16-5-4-10-22(16)3/h6-7,11,16H,4-5,8-10,12H2,1-3H3,(H2,19,20,21). The van der Waals surface area contributed by atoms with Crippen molar-refractivity contribution in [3.8, 4) is 0 Å². The van der Waals surface area contributed by atoms with Gasteiger partial charge in [-0.15, -0.1) is 0 Å². The maximum atomic E-state index is 13.1. The first-order chi connectivity index (χ1) is 10.6. The Morgan fingerprint density at radius 2 is 2.23 bits per heavy atom. The maximum absolute atomic E-state index is 13.1. The van der Waals surface area contributed by atoms with Crippen molar-refractivity contribution in [2.75, 3.05) is 33.7 Å². The van der Waals surface area contributed by atoms with Crippen LogP contribution in [0.4, 0.5) is 4.39 Å². The van der Waals surface area contributed by atoms with E-state index in [0.717, 1.165) is 31.0 Å². The highest BCUT2D eigenvalue weighted by Crippen LogP contribution is 2.13. The van der Waals surface area contributed by atoms with Gasteiger partial charge in [0.25, 0.3) is 0 Å². The van der Waals surface area contributed by atoms with Gasteiger partial charge < -0.3 is 15.5 Å². The molecule has 1 saturated heterocycles. The molecule has 1 fully saturated rings. The summed E-state index contributed by atoms with van der Waals surface area (Å²) in [4.78, 5) is 6.65. The number of nitrogens with one attached hydrogen (secondary N) is 2. The molecule has 0 aromatic heterocycles. The zero-order valence-corrected chi connectivity index (χ0v) is 13.8. The number of aliphatic imine (C=N–C) groups is 1. The third-order valence-corrected chi connectivity index (χ3v) is 4.39. The molecule has 1 heterocycles. The van der Waals surface area contributed by atoms with Crippen LogP contribution in [0.2, 0.25) is 0 Å². The molecule has 1 aliphatic rings. The molecule has 0 saturated carbocycles. The van der Waals surface area contributed by atoms with Crippen LogP contribution in [0.25, 0.3) is 0 Å². The zero-order chi connectivity index (χ0) is 15.9. The molecule has 0 spiro atoms. The molecule has 0 radical (unpaired) electrons. The molecule has 5 heteroatoms. The third-order valence-electron chi connectivity index (χ3n) is 4.39. The molecule has 1 atom stereocenters. The van der Waals surface area contributed by atoms with E-state index in [1.165, 1.54) is 31.0 Å². The summed E-state index contributed by atoms with van der Waals surface area (Å²) in [6, 6.07) is 5.55. The van der Waals surface area contributed by atoms with Crippen molar-refractivity contribution in [1.29, 1.82) is 0 Å². The Bertz CT molecular complexity index is 515. The monoisotopic (exact) mass is 306 g/mol. The summed E-state index contributed by atoms with van der Waals surface area (Å²) in [6.45, 7) is 4.84. The second kappa shape index (κ2) is 8.13. The second-order valence-corrected chi connectivity index (χ2v) is 5.98. The number of halogens is 1. The van der Waals surface area contributed by atoms with E-state index in [1.807, 2.05) is 13.0 Å². The number of aryl methyl sites for hydroxylation is 1. The lowest BCUT2D eigenvalue weighted by Gasteiger charge is -2.21. The fraction of sp³-hybridized carbons (Fsp3) is 0.588. The second-order valence-electron chi connectivity index (χ2n) is 5.98. The molecule has 2 N–H and O–H groups in total. The maximum Gasteiger partial charge on any atom is 0.191 e. The Hall–Kier alpha value is -1.62. The molecule has 122 valence electrons. The van der Waals surface area contributed by atoms with E-state index >= 15 is 0 Å². The minimum absolute atomic E-state index is 0.174. The number of rotatable bonds is 5. The van der Waals surface area contributed by atoms with Gasteiger partial charge >= 0.3 is 0 Å². The number of likely N-dealkylation sites (N-methyl/N-ethyl adjacent to an activating group) is 1. The van der Waals surface area contributed by atoms with E-state index in [2.05, 4.69) is 27.6 Å². The van der Waals surface area contributed by atoms with Crippen LogP contribution in [0.1, 0.15) is 24.0 Å². The Balaban J connectivity index is 1.74. The molecule has 2 rings (SSSR count). The number of hydrogen-bond donors (Lipinski definition) is 2. The van der Waals surface area contributed by atoms with Crippen molar-refractivity contribution in [3.05, 3.63) is 35.1 Å². The van der Waals surface area contributed by atoms with E-state index in [4.69, 9.17) is 0 Å². The highest BCUT2D eigenvalue weighted by atomic mass is 19.1. The van der Waals surface area contributed by atoms with E-state index in [0.29, 0.717) is 6.04 Å². The highest BCUT2D eigenvalue weighted by Gasteiger charge is 2.20. The number of nitrogens with zero attached hydrogens (tertiary/aromatic N) is 2. The number of benzene rings is 1. The molecule has 1 aromatic rings. The van der Waals surface area contributed by atoms with E-state index in [9.17, 15) is 4.39 Å². The summed E-state index contributed by atoms with van der Waals surface area (Å²) in [5.41, 5.74) is 2.16. The van der Waals surface area contributed by atoms with E-state index in [-0.39, 0.29) is 5.82 Å². The van der Waals surface area contributed by atoms with Gasteiger partial charge in [-0.2, -0.15) is 0 Å². The fourth-order valence-electron chi connectivity index (χ4n) is 2.93. The predicted octanol–water partition coefficient (Wildman–Crippen LogP) is 1.94. The van der Waals surface area contributed by atoms with Gasteiger partial charge in [0.2, 0.25) is 0 Å². The van der Waals surface area contributed by atoms with E-state index < -0.39 is 0 Å². The highest BCUT2D eigenvalue weighted by molar-refractivity contribution is 5.79. The van der Waals surface area contributed by atoms with Crippen LogP contribution in [-0.4, -0.2) is 50.6 Å². The molecular weight excluding hydrogens is 279 g/mol. The summed E-state index contributed by atoms with van der Waals surface area (Å²) in [5, 5.41) is 6.71. The fourth-order valence-corrected chi connectivity index (χ4v) is 2.93. The van der Waals surface area contributed by atoms with Gasteiger partial charge in [0.1, 0.15) is 5.82 Å². The first kappa shape index (κ1) is 16.7. The zero-order valence-electron chi connectivity index (χ0n) is 13.8. The predicted molar refractivity (Wildman–Crippen MR) is 89.9 cm³/mol. The molecule has 1 aliphatic heterocycles. The van der Waals surface area contributed by atoms with Crippen LogP contribution in [0, 0.1) is 12.7 Å². The van der Waals surface area contributed by atoms with Crippen molar-refractivity contribution in [2.45, 2.75) is 32.2 Å². The lowest BCUT2D eigenvalue weighted by atomic mass is 10.1. The normalized spacial score (nSPS) is 19.5. The van der Waals surface area contributed by atoms with Crippen LogP contribution < -0.4 is 10.6 Å². The first-order valence-electron chi connectivity index (χ1n) is 8.00. The van der Waals surface area contributed by atoms with Crippen molar-refractivity contribution < 1.29 is 4.39 Å². The molecule has 1 unspecified atom stereocenters. The van der Waals surface area contributed by atoms with Crippen LogP contribution in [0.5, 0.6) is 0 Å². The summed E-state index contributed by atoms with van der Waals surface area (Å²) in [5.74, 6) is 0.660. The number of guanidine groups is 1. The molecule has 0 bridgehead atoms. The van der Waals surface area contributed by atoms with Crippen molar-refractivity contribution in [1.82, 2.24) is 15.5 Å². The van der Waals surface area contributed by atoms with Crippen LogP contribution >= 0.6 is 0 Å². The number of likely N-dealkylation sites (tertiary alicyclic amines) is 1. The average Bonchev–Trinajstić information content (AvgIpc) is 2.90. The van der Waals surface area contributed by atoms with Crippen LogP contribution in [0.15, 0.2) is 23.2 Å². The number of hydrogen-bond acceptors (Lipinski definition) is 2. The smallest absolute Gasteiger partial charge is 0.191 e. The Morgan fingerprint density at radius 3 is 2.86 bits per heavy atom. The van der Waals surface area contributed by atoms with E-state index in [1.54, 1.807) is 13.1 Å². The molecule has 0 aliphatic carbocycles. The summed E-state index contributed by atoms with van der Waals surface area (Å²) in [6.07, 6.45) is 3.38. The Kier molecular flexibility index (Phi) is 6.19. The molecule has 1 aromatic carbocycles. The van der Waals surface area contributed by atoms with Gasteiger partial charge in [0, 0.05) is 26.2 Å². The van der Waals surface area contributed by atoms with Crippen molar-refractivity contribution in [3.63, 3.8) is 0 Å². The van der Waals surface area contributed by atoms with Crippen molar-refractivity contribution in [2.24, 2.45) is 4.99 Å². The van der Waals surface area contributed by atoms with Gasteiger partial charge in [-0.25, -0.2) is 4.39 Å². The third kappa shape index (κ3) is 4.70. The van der Waals surface area contributed by atoms with Gasteiger partial charge in [-0.3, -0.25) is 4.99 Å².